The number of sulfonamides is 1. The Labute approximate surface area is 134 Å². The first-order chi connectivity index (χ1) is 10.8. The van der Waals surface area contributed by atoms with Crippen LogP contribution in [-0.4, -0.2) is 20.5 Å². The van der Waals surface area contributed by atoms with Gasteiger partial charge in [0.1, 0.15) is 5.75 Å². The molecule has 122 valence electrons. The third-order valence-electron chi connectivity index (χ3n) is 3.37. The van der Waals surface area contributed by atoms with Gasteiger partial charge in [0.05, 0.1) is 18.1 Å². The third-order valence-corrected chi connectivity index (χ3v) is 4.81. The molecule has 0 aromatic heterocycles. The summed E-state index contributed by atoms with van der Waals surface area (Å²) in [4.78, 5) is 9.99. The Balaban J connectivity index is 2.33. The Kier molecular flexibility index (Phi) is 4.97. The van der Waals surface area contributed by atoms with E-state index in [-0.39, 0.29) is 12.3 Å². The van der Waals surface area contributed by atoms with Gasteiger partial charge in [-0.25, -0.2) is 13.1 Å². The highest BCUT2D eigenvalue weighted by atomic mass is 32.2. The normalized spacial score (nSPS) is 11.2. The number of nitrogens with one attached hydrogen (secondary N) is 1. The van der Waals surface area contributed by atoms with E-state index < -0.39 is 25.5 Å². The highest BCUT2D eigenvalue weighted by molar-refractivity contribution is 7.89. The molecule has 7 nitrogen and oxygen atoms in total. The van der Waals surface area contributed by atoms with E-state index in [9.17, 15) is 18.5 Å². The maximum absolute atomic E-state index is 12.4. The molecule has 0 radical (unpaired) electrons. The smallest absolute Gasteiger partial charge is 0.293 e. The van der Waals surface area contributed by atoms with Crippen molar-refractivity contribution in [2.45, 2.75) is 18.4 Å². The second-order valence-electron chi connectivity index (χ2n) is 4.84. The first-order valence-electron chi connectivity index (χ1n) is 6.72. The van der Waals surface area contributed by atoms with Crippen LogP contribution in [0.3, 0.4) is 0 Å². The summed E-state index contributed by atoms with van der Waals surface area (Å²) in [6.07, 6.45) is 0. The second-order valence-corrected chi connectivity index (χ2v) is 6.58. The molecule has 23 heavy (non-hydrogen) atoms. The minimum Gasteiger partial charge on any atom is -0.497 e. The molecule has 2 rings (SSSR count). The average molecular weight is 336 g/mol. The second kappa shape index (κ2) is 6.76. The monoisotopic (exact) mass is 336 g/mol. The van der Waals surface area contributed by atoms with E-state index in [0.29, 0.717) is 0 Å². The van der Waals surface area contributed by atoms with Crippen molar-refractivity contribution in [3.63, 3.8) is 0 Å². The maximum atomic E-state index is 12.4. The van der Waals surface area contributed by atoms with E-state index in [1.165, 1.54) is 13.2 Å². The van der Waals surface area contributed by atoms with Gasteiger partial charge in [-0.15, -0.1) is 0 Å². The first kappa shape index (κ1) is 16.9. The van der Waals surface area contributed by atoms with Gasteiger partial charge >= 0.3 is 0 Å². The highest BCUT2D eigenvalue weighted by Crippen LogP contribution is 2.28. The summed E-state index contributed by atoms with van der Waals surface area (Å²) in [6, 6.07) is 10.9. The molecular weight excluding hydrogens is 320 g/mol. The molecule has 8 heteroatoms. The molecule has 0 bridgehead atoms. The first-order valence-corrected chi connectivity index (χ1v) is 8.20. The van der Waals surface area contributed by atoms with Crippen molar-refractivity contribution >= 4 is 15.7 Å². The predicted octanol–water partition coefficient (Wildman–Crippen LogP) is 2.39. The number of hydrogen-bond donors (Lipinski definition) is 1. The van der Waals surface area contributed by atoms with Gasteiger partial charge in [-0.2, -0.15) is 0 Å². The lowest BCUT2D eigenvalue weighted by Gasteiger charge is -2.10. The van der Waals surface area contributed by atoms with Crippen LogP contribution >= 0.6 is 0 Å². The predicted molar refractivity (Wildman–Crippen MR) is 84.9 cm³/mol. The molecule has 0 aliphatic heterocycles. The standard InChI is InChI=1S/C15H16N2O5S/c1-11-5-3-4-6-12(11)10-16-23(20,21)15-8-7-13(22-2)9-14(15)17(18)19/h3-9,16H,10H2,1-2H3. The van der Waals surface area contributed by atoms with Crippen LogP contribution in [0.25, 0.3) is 0 Å². The number of aryl methyl sites for hydroxylation is 1. The van der Waals surface area contributed by atoms with Gasteiger partial charge in [0.2, 0.25) is 10.0 Å². The number of nitro benzene ring substituents is 1. The van der Waals surface area contributed by atoms with Crippen LogP contribution in [0.15, 0.2) is 47.4 Å². The number of methoxy groups -OCH3 is 1. The molecular formula is C15H16N2O5S. The van der Waals surface area contributed by atoms with E-state index in [1.54, 1.807) is 12.1 Å². The third kappa shape index (κ3) is 3.85. The zero-order chi connectivity index (χ0) is 17.0. The number of benzene rings is 2. The van der Waals surface area contributed by atoms with Crippen LogP contribution in [-0.2, 0) is 16.6 Å². The lowest BCUT2D eigenvalue weighted by Crippen LogP contribution is -2.24. The fourth-order valence-corrected chi connectivity index (χ4v) is 3.21. The number of hydrogen-bond acceptors (Lipinski definition) is 5. The van der Waals surface area contributed by atoms with Crippen molar-refractivity contribution in [1.29, 1.82) is 0 Å². The Morgan fingerprint density at radius 2 is 1.91 bits per heavy atom. The lowest BCUT2D eigenvalue weighted by molar-refractivity contribution is -0.387. The molecule has 0 aliphatic rings. The summed E-state index contributed by atoms with van der Waals surface area (Å²) in [7, 11) is -2.67. The maximum Gasteiger partial charge on any atom is 0.293 e. The number of rotatable bonds is 6. The molecule has 0 unspecified atom stereocenters. The molecule has 2 aromatic carbocycles. The SMILES string of the molecule is COc1ccc(S(=O)(=O)NCc2ccccc2C)c([N+](=O)[O-])c1. The van der Waals surface area contributed by atoms with Crippen LogP contribution in [0.5, 0.6) is 5.75 Å². The largest absolute Gasteiger partial charge is 0.497 e. The van der Waals surface area contributed by atoms with Crippen molar-refractivity contribution in [3.05, 3.63) is 63.7 Å². The molecule has 0 fully saturated rings. The average Bonchev–Trinajstić information content (AvgIpc) is 2.53. The van der Waals surface area contributed by atoms with E-state index in [0.717, 1.165) is 23.3 Å². The lowest BCUT2D eigenvalue weighted by atomic mass is 10.1. The molecule has 0 aliphatic carbocycles. The fourth-order valence-electron chi connectivity index (χ4n) is 2.05. The summed E-state index contributed by atoms with van der Waals surface area (Å²) in [5, 5.41) is 11.1. The van der Waals surface area contributed by atoms with Crippen LogP contribution in [0.1, 0.15) is 11.1 Å². The van der Waals surface area contributed by atoms with Crippen molar-refractivity contribution in [2.24, 2.45) is 0 Å². The molecule has 1 N–H and O–H groups in total. The number of nitrogens with zero attached hydrogens (tertiary/aromatic N) is 1. The van der Waals surface area contributed by atoms with Gasteiger partial charge < -0.3 is 4.74 Å². The van der Waals surface area contributed by atoms with E-state index in [4.69, 9.17) is 4.74 Å². The van der Waals surface area contributed by atoms with Crippen LogP contribution in [0.2, 0.25) is 0 Å². The van der Waals surface area contributed by atoms with Gasteiger partial charge in [0, 0.05) is 6.54 Å². The highest BCUT2D eigenvalue weighted by Gasteiger charge is 2.26. The zero-order valence-corrected chi connectivity index (χ0v) is 13.5. The Morgan fingerprint density at radius 3 is 2.52 bits per heavy atom. The van der Waals surface area contributed by atoms with Gasteiger partial charge in [-0.3, -0.25) is 10.1 Å². The molecule has 2 aromatic rings. The van der Waals surface area contributed by atoms with Gasteiger partial charge in [-0.05, 0) is 30.2 Å². The van der Waals surface area contributed by atoms with Gasteiger partial charge in [0.15, 0.2) is 4.90 Å². The summed E-state index contributed by atoms with van der Waals surface area (Å²) >= 11 is 0. The minimum absolute atomic E-state index is 0.0538. The number of ether oxygens (including phenoxy) is 1. The van der Waals surface area contributed by atoms with Crippen molar-refractivity contribution in [1.82, 2.24) is 4.72 Å². The fraction of sp³-hybridized carbons (Fsp3) is 0.200. The zero-order valence-electron chi connectivity index (χ0n) is 12.6. The van der Waals surface area contributed by atoms with Gasteiger partial charge in [-0.1, -0.05) is 24.3 Å². The van der Waals surface area contributed by atoms with E-state index in [1.807, 2.05) is 19.1 Å². The summed E-state index contributed by atoms with van der Waals surface area (Å²) in [6.45, 7) is 1.91. The van der Waals surface area contributed by atoms with Crippen LogP contribution < -0.4 is 9.46 Å². The van der Waals surface area contributed by atoms with Crippen molar-refractivity contribution < 1.29 is 18.1 Å². The Bertz CT molecular complexity index is 834. The molecule has 0 heterocycles. The topological polar surface area (TPSA) is 98.5 Å². The van der Waals surface area contributed by atoms with Crippen LogP contribution in [0.4, 0.5) is 5.69 Å². The van der Waals surface area contributed by atoms with E-state index >= 15 is 0 Å². The number of nitro groups is 1. The van der Waals surface area contributed by atoms with Gasteiger partial charge in [0.25, 0.3) is 5.69 Å². The molecule has 0 atom stereocenters. The minimum atomic E-state index is -4.02. The molecule has 0 amide bonds. The van der Waals surface area contributed by atoms with Crippen LogP contribution in [0, 0.1) is 17.0 Å². The van der Waals surface area contributed by atoms with Crippen molar-refractivity contribution in [3.8, 4) is 5.75 Å². The quantitative estimate of drug-likeness (QED) is 0.645. The Morgan fingerprint density at radius 1 is 1.22 bits per heavy atom. The molecule has 0 saturated carbocycles. The van der Waals surface area contributed by atoms with E-state index in [2.05, 4.69) is 4.72 Å². The summed E-state index contributed by atoms with van der Waals surface area (Å²) in [5.74, 6) is 0.217. The Hall–Kier alpha value is -2.45. The molecule has 0 spiro atoms. The molecule has 0 saturated heterocycles. The van der Waals surface area contributed by atoms with Crippen molar-refractivity contribution in [2.75, 3.05) is 7.11 Å². The summed E-state index contributed by atoms with van der Waals surface area (Å²) < 4.78 is 32.1. The summed E-state index contributed by atoms with van der Waals surface area (Å²) in [5.41, 5.74) is 1.20.